The molecule has 4 rings (SSSR count). The molecule has 0 unspecified atom stereocenters. The molecule has 8 heteroatoms. The van der Waals surface area contributed by atoms with Crippen molar-refractivity contribution in [1.29, 1.82) is 0 Å². The minimum Gasteiger partial charge on any atom is -0.327 e. The number of aromatic nitrogens is 2. The lowest BCUT2D eigenvalue weighted by Crippen LogP contribution is -2.35. The molecule has 2 aromatic carbocycles. The summed E-state index contributed by atoms with van der Waals surface area (Å²) in [4.78, 5) is 5.11. The van der Waals surface area contributed by atoms with E-state index in [0.29, 0.717) is 24.5 Å². The van der Waals surface area contributed by atoms with E-state index in [1.54, 1.807) is 16.4 Å². The number of rotatable bonds is 7. The fraction of sp³-hybridized carbons (Fsp3) is 0.435. The number of sulfonamides is 1. The van der Waals surface area contributed by atoms with Crippen LogP contribution in [-0.2, 0) is 23.1 Å². The van der Waals surface area contributed by atoms with Crippen molar-refractivity contribution in [3.8, 4) is 0 Å². The van der Waals surface area contributed by atoms with Gasteiger partial charge in [0.15, 0.2) is 0 Å². The third-order valence-corrected chi connectivity index (χ3v) is 8.15. The third kappa shape index (κ3) is 4.65. The van der Waals surface area contributed by atoms with Crippen molar-refractivity contribution in [1.82, 2.24) is 19.2 Å². The van der Waals surface area contributed by atoms with Crippen LogP contribution < -0.4 is 5.32 Å². The van der Waals surface area contributed by atoms with Crippen LogP contribution in [0, 0.1) is 0 Å². The Morgan fingerprint density at radius 3 is 2.48 bits per heavy atom. The number of aryl methyl sites for hydroxylation is 1. The van der Waals surface area contributed by atoms with Gasteiger partial charge in [0.05, 0.1) is 22.5 Å². The summed E-state index contributed by atoms with van der Waals surface area (Å²) < 4.78 is 29.9. The Labute approximate surface area is 189 Å². The molecule has 1 aromatic heterocycles. The third-order valence-electron chi connectivity index (χ3n) is 6.00. The number of fused-ring (bicyclic) bond motifs is 1. The highest BCUT2D eigenvalue weighted by Gasteiger charge is 2.26. The SMILES string of the molecule is CCn1c(CN[C@@H](C)c2ccc(Cl)cc2)nc2cc(S(=O)(=O)N3CCCCC3)ccc21. The highest BCUT2D eigenvalue weighted by atomic mass is 35.5. The van der Waals surface area contributed by atoms with Gasteiger partial charge in [-0.15, -0.1) is 0 Å². The standard InChI is InChI=1S/C23H29ClN4O2S/c1-3-28-22-12-11-20(31(29,30)27-13-5-4-6-14-27)15-21(22)26-23(28)16-25-17(2)18-7-9-19(24)10-8-18/h7-12,15,17,25H,3-6,13-14,16H2,1-2H3/t17-/m0/s1. The zero-order chi connectivity index (χ0) is 22.0. The maximum Gasteiger partial charge on any atom is 0.243 e. The van der Waals surface area contributed by atoms with Crippen molar-refractivity contribution >= 4 is 32.7 Å². The van der Waals surface area contributed by atoms with Gasteiger partial charge in [0.1, 0.15) is 5.82 Å². The zero-order valence-corrected chi connectivity index (χ0v) is 19.6. The van der Waals surface area contributed by atoms with E-state index in [1.165, 1.54) is 0 Å². The maximum atomic E-state index is 13.1. The van der Waals surface area contributed by atoms with Gasteiger partial charge >= 0.3 is 0 Å². The molecule has 0 aliphatic carbocycles. The molecule has 0 radical (unpaired) electrons. The van der Waals surface area contributed by atoms with Gasteiger partial charge in [0, 0.05) is 30.7 Å². The van der Waals surface area contributed by atoms with E-state index in [9.17, 15) is 8.42 Å². The molecule has 1 aliphatic heterocycles. The minimum atomic E-state index is -3.47. The lowest BCUT2D eigenvalue weighted by Gasteiger charge is -2.25. The molecule has 0 spiro atoms. The number of hydrogen-bond acceptors (Lipinski definition) is 4. The average Bonchev–Trinajstić information content (AvgIpc) is 3.15. The van der Waals surface area contributed by atoms with Gasteiger partial charge in [0.2, 0.25) is 10.0 Å². The summed E-state index contributed by atoms with van der Waals surface area (Å²) in [6, 6.07) is 13.3. The quantitative estimate of drug-likeness (QED) is 0.553. The molecule has 2 heterocycles. The summed E-state index contributed by atoms with van der Waals surface area (Å²) in [7, 11) is -3.47. The molecule has 1 atom stereocenters. The maximum absolute atomic E-state index is 13.1. The van der Waals surface area contributed by atoms with Crippen molar-refractivity contribution in [2.45, 2.75) is 57.1 Å². The average molecular weight is 461 g/mol. The summed E-state index contributed by atoms with van der Waals surface area (Å²) in [6.45, 7) is 6.72. The summed E-state index contributed by atoms with van der Waals surface area (Å²) in [5, 5.41) is 4.24. The Bertz CT molecular complexity index is 1150. The first-order valence-corrected chi connectivity index (χ1v) is 12.7. The minimum absolute atomic E-state index is 0.137. The molecule has 31 heavy (non-hydrogen) atoms. The first-order valence-electron chi connectivity index (χ1n) is 10.9. The highest BCUT2D eigenvalue weighted by Crippen LogP contribution is 2.25. The van der Waals surface area contributed by atoms with Crippen LogP contribution in [0.1, 0.15) is 50.5 Å². The van der Waals surface area contributed by atoms with E-state index < -0.39 is 10.0 Å². The monoisotopic (exact) mass is 460 g/mol. The van der Waals surface area contributed by atoms with Crippen molar-refractivity contribution in [3.05, 3.63) is 58.9 Å². The molecule has 0 bridgehead atoms. The molecular formula is C23H29ClN4O2S. The van der Waals surface area contributed by atoms with Gasteiger partial charge in [0.25, 0.3) is 0 Å². The molecule has 3 aromatic rings. The second-order valence-corrected chi connectivity index (χ2v) is 10.4. The van der Waals surface area contributed by atoms with Gasteiger partial charge in [-0.25, -0.2) is 13.4 Å². The largest absolute Gasteiger partial charge is 0.327 e. The van der Waals surface area contributed by atoms with E-state index in [2.05, 4.69) is 23.7 Å². The summed E-state index contributed by atoms with van der Waals surface area (Å²) >= 11 is 5.99. The van der Waals surface area contributed by atoms with Gasteiger partial charge in [-0.3, -0.25) is 0 Å². The molecule has 0 amide bonds. The lowest BCUT2D eigenvalue weighted by molar-refractivity contribution is 0.346. The van der Waals surface area contributed by atoms with E-state index >= 15 is 0 Å². The van der Waals surface area contributed by atoms with Gasteiger partial charge in [-0.05, 0) is 62.6 Å². The fourth-order valence-corrected chi connectivity index (χ4v) is 5.84. The fourth-order valence-electron chi connectivity index (χ4n) is 4.18. The molecule has 1 saturated heterocycles. The molecule has 1 N–H and O–H groups in total. The van der Waals surface area contributed by atoms with E-state index in [1.807, 2.05) is 30.3 Å². The molecule has 1 aliphatic rings. The second-order valence-electron chi connectivity index (χ2n) is 8.04. The number of halogens is 1. The number of benzene rings is 2. The smallest absolute Gasteiger partial charge is 0.243 e. The summed E-state index contributed by atoms with van der Waals surface area (Å²) in [5.41, 5.74) is 2.82. The molecule has 6 nitrogen and oxygen atoms in total. The van der Waals surface area contributed by atoms with Crippen LogP contribution in [0.15, 0.2) is 47.4 Å². The van der Waals surface area contributed by atoms with Gasteiger partial charge < -0.3 is 9.88 Å². The second kappa shape index (κ2) is 9.28. The number of imidazole rings is 1. The van der Waals surface area contributed by atoms with Gasteiger partial charge in [-0.1, -0.05) is 30.2 Å². The summed E-state index contributed by atoms with van der Waals surface area (Å²) in [5.74, 6) is 0.894. The van der Waals surface area contributed by atoms with Crippen molar-refractivity contribution in [2.75, 3.05) is 13.1 Å². The van der Waals surface area contributed by atoms with Crippen LogP contribution in [0.4, 0.5) is 0 Å². The van der Waals surface area contributed by atoms with Gasteiger partial charge in [-0.2, -0.15) is 4.31 Å². The number of nitrogens with zero attached hydrogens (tertiary/aromatic N) is 3. The van der Waals surface area contributed by atoms with E-state index in [-0.39, 0.29) is 6.04 Å². The van der Waals surface area contributed by atoms with Crippen molar-refractivity contribution in [2.24, 2.45) is 0 Å². The number of hydrogen-bond donors (Lipinski definition) is 1. The first kappa shape index (κ1) is 22.3. The molecule has 166 valence electrons. The van der Waals surface area contributed by atoms with Crippen molar-refractivity contribution in [3.63, 3.8) is 0 Å². The number of piperidine rings is 1. The molecule has 1 fully saturated rings. The Hall–Kier alpha value is -1.93. The Morgan fingerprint density at radius 2 is 1.81 bits per heavy atom. The first-order chi connectivity index (χ1) is 14.9. The lowest BCUT2D eigenvalue weighted by atomic mass is 10.1. The van der Waals surface area contributed by atoms with Crippen LogP contribution in [0.5, 0.6) is 0 Å². The molecule has 0 saturated carbocycles. The van der Waals surface area contributed by atoms with E-state index in [0.717, 1.165) is 53.3 Å². The van der Waals surface area contributed by atoms with Crippen LogP contribution in [0.2, 0.25) is 5.02 Å². The highest BCUT2D eigenvalue weighted by molar-refractivity contribution is 7.89. The van der Waals surface area contributed by atoms with Crippen LogP contribution in [0.3, 0.4) is 0 Å². The summed E-state index contributed by atoms with van der Waals surface area (Å²) in [6.07, 6.45) is 2.94. The molecular weight excluding hydrogens is 432 g/mol. The van der Waals surface area contributed by atoms with Crippen LogP contribution in [-0.4, -0.2) is 35.4 Å². The Morgan fingerprint density at radius 1 is 1.10 bits per heavy atom. The van der Waals surface area contributed by atoms with Crippen LogP contribution in [0.25, 0.3) is 11.0 Å². The Balaban J connectivity index is 1.57. The van der Waals surface area contributed by atoms with E-state index in [4.69, 9.17) is 16.6 Å². The normalized spacial score (nSPS) is 16.6. The predicted octanol–water partition coefficient (Wildman–Crippen LogP) is 4.74. The van der Waals surface area contributed by atoms with Crippen LogP contribution >= 0.6 is 11.6 Å². The van der Waals surface area contributed by atoms with Crippen molar-refractivity contribution < 1.29 is 8.42 Å². The Kier molecular flexibility index (Phi) is 6.67. The topological polar surface area (TPSA) is 67.2 Å². The number of nitrogens with one attached hydrogen (secondary N) is 1. The zero-order valence-electron chi connectivity index (χ0n) is 18.0. The predicted molar refractivity (Wildman–Crippen MR) is 125 cm³/mol.